The van der Waals surface area contributed by atoms with Gasteiger partial charge in [0.25, 0.3) is 0 Å². The monoisotopic (exact) mass is 289 g/mol. The summed E-state index contributed by atoms with van der Waals surface area (Å²) in [6, 6.07) is 6.25. The minimum absolute atomic E-state index is 0.235. The first-order valence-electron chi connectivity index (χ1n) is 6.94. The van der Waals surface area contributed by atoms with Gasteiger partial charge in [0, 0.05) is 30.1 Å². The number of hydrogen-bond donors (Lipinski definition) is 4. The number of amides is 2. The van der Waals surface area contributed by atoms with Crippen molar-refractivity contribution in [3.8, 4) is 0 Å². The van der Waals surface area contributed by atoms with Crippen LogP contribution in [0, 0.1) is 0 Å². The smallest absolute Gasteiger partial charge is 0.326 e. The lowest BCUT2D eigenvalue weighted by Gasteiger charge is -2.14. The molecule has 0 saturated heterocycles. The number of aliphatic carboxylic acids is 1. The molecule has 1 atom stereocenters. The average Bonchev–Trinajstić information content (AvgIpc) is 2.87. The Morgan fingerprint density at radius 3 is 2.81 bits per heavy atom. The Balaban J connectivity index is 2.09. The molecule has 1 aromatic heterocycles. The molecule has 112 valence electrons. The van der Waals surface area contributed by atoms with Gasteiger partial charge in [0.2, 0.25) is 0 Å². The summed E-state index contributed by atoms with van der Waals surface area (Å²) in [6.45, 7) is 2.45. The van der Waals surface area contributed by atoms with E-state index < -0.39 is 18.0 Å². The van der Waals surface area contributed by atoms with Crippen molar-refractivity contribution < 1.29 is 14.7 Å². The normalized spacial score (nSPS) is 12.0. The van der Waals surface area contributed by atoms with Crippen LogP contribution in [0.3, 0.4) is 0 Å². The third-order valence-corrected chi connectivity index (χ3v) is 3.24. The molecule has 0 saturated carbocycles. The Kier molecular flexibility index (Phi) is 4.81. The number of carboxylic acids is 1. The number of urea groups is 1. The standard InChI is InChI=1S/C15H19N3O3/c1-2-7-16-15(21)18-13(14(19)20)8-10-9-17-12-6-4-3-5-11(10)12/h3-6,9,13,17H,2,7-8H2,1H3,(H,19,20)(H2,16,18,21)/t13-/m0/s1. The van der Waals surface area contributed by atoms with Crippen molar-refractivity contribution in [2.75, 3.05) is 6.54 Å². The molecule has 6 nitrogen and oxygen atoms in total. The largest absolute Gasteiger partial charge is 0.480 e. The lowest BCUT2D eigenvalue weighted by molar-refractivity contribution is -0.139. The summed E-state index contributed by atoms with van der Waals surface area (Å²) in [5, 5.41) is 15.3. The Morgan fingerprint density at radius 2 is 2.10 bits per heavy atom. The van der Waals surface area contributed by atoms with Crippen molar-refractivity contribution in [2.45, 2.75) is 25.8 Å². The fourth-order valence-corrected chi connectivity index (χ4v) is 2.17. The van der Waals surface area contributed by atoms with Gasteiger partial charge >= 0.3 is 12.0 Å². The third kappa shape index (κ3) is 3.75. The Hall–Kier alpha value is -2.50. The van der Waals surface area contributed by atoms with Crippen LogP contribution in [-0.4, -0.2) is 34.7 Å². The maximum absolute atomic E-state index is 11.6. The zero-order chi connectivity index (χ0) is 15.2. The summed E-state index contributed by atoms with van der Waals surface area (Å²) in [6.07, 6.45) is 2.82. The van der Waals surface area contributed by atoms with Gasteiger partial charge in [0.1, 0.15) is 6.04 Å². The zero-order valence-corrected chi connectivity index (χ0v) is 11.8. The van der Waals surface area contributed by atoms with E-state index in [2.05, 4.69) is 15.6 Å². The molecule has 0 spiro atoms. The second-order valence-electron chi connectivity index (χ2n) is 4.85. The van der Waals surface area contributed by atoms with Crippen LogP contribution in [-0.2, 0) is 11.2 Å². The van der Waals surface area contributed by atoms with E-state index in [4.69, 9.17) is 0 Å². The molecule has 0 aliphatic carbocycles. The van der Waals surface area contributed by atoms with E-state index in [0.717, 1.165) is 22.9 Å². The van der Waals surface area contributed by atoms with Crippen LogP contribution in [0.15, 0.2) is 30.5 Å². The number of carbonyl (C=O) groups is 2. The lowest BCUT2D eigenvalue weighted by atomic mass is 10.1. The molecule has 1 aromatic carbocycles. The molecule has 0 fully saturated rings. The molecule has 0 radical (unpaired) electrons. The number of fused-ring (bicyclic) bond motifs is 1. The number of aromatic amines is 1. The highest BCUT2D eigenvalue weighted by Gasteiger charge is 2.21. The molecule has 2 amide bonds. The second-order valence-corrected chi connectivity index (χ2v) is 4.85. The topological polar surface area (TPSA) is 94.2 Å². The van der Waals surface area contributed by atoms with Crippen LogP contribution in [0.1, 0.15) is 18.9 Å². The minimum Gasteiger partial charge on any atom is -0.480 e. The number of H-pyrrole nitrogens is 1. The molecule has 1 heterocycles. The van der Waals surface area contributed by atoms with Gasteiger partial charge in [-0.3, -0.25) is 0 Å². The van der Waals surface area contributed by atoms with Crippen molar-refractivity contribution >= 4 is 22.9 Å². The van der Waals surface area contributed by atoms with Gasteiger partial charge in [0.15, 0.2) is 0 Å². The van der Waals surface area contributed by atoms with Crippen molar-refractivity contribution in [3.63, 3.8) is 0 Å². The molecule has 21 heavy (non-hydrogen) atoms. The van der Waals surface area contributed by atoms with Crippen molar-refractivity contribution in [3.05, 3.63) is 36.0 Å². The van der Waals surface area contributed by atoms with Gasteiger partial charge in [-0.2, -0.15) is 0 Å². The van der Waals surface area contributed by atoms with Crippen LogP contribution in [0.25, 0.3) is 10.9 Å². The van der Waals surface area contributed by atoms with E-state index >= 15 is 0 Å². The number of carboxylic acid groups (broad SMARTS) is 1. The van der Waals surface area contributed by atoms with Crippen LogP contribution in [0.4, 0.5) is 4.79 Å². The van der Waals surface area contributed by atoms with Gasteiger partial charge in [-0.1, -0.05) is 25.1 Å². The van der Waals surface area contributed by atoms with Gasteiger partial charge in [0.05, 0.1) is 0 Å². The Morgan fingerprint density at radius 1 is 1.33 bits per heavy atom. The number of para-hydroxylation sites is 1. The Labute approximate surface area is 122 Å². The molecule has 2 rings (SSSR count). The number of nitrogens with one attached hydrogen (secondary N) is 3. The molecule has 0 aliphatic rings. The van der Waals surface area contributed by atoms with E-state index in [1.807, 2.05) is 31.2 Å². The highest BCUT2D eigenvalue weighted by molar-refractivity contribution is 5.86. The molecule has 0 aliphatic heterocycles. The number of hydrogen-bond acceptors (Lipinski definition) is 2. The van der Waals surface area contributed by atoms with Crippen LogP contribution in [0.2, 0.25) is 0 Å². The molecule has 2 aromatic rings. The van der Waals surface area contributed by atoms with E-state index in [1.54, 1.807) is 6.20 Å². The molecule has 0 unspecified atom stereocenters. The molecular formula is C15H19N3O3. The molecule has 4 N–H and O–H groups in total. The van der Waals surface area contributed by atoms with Crippen LogP contribution in [0.5, 0.6) is 0 Å². The van der Waals surface area contributed by atoms with E-state index in [0.29, 0.717) is 6.54 Å². The summed E-state index contributed by atoms with van der Waals surface area (Å²) in [5.41, 5.74) is 1.82. The molecular weight excluding hydrogens is 270 g/mol. The van der Waals surface area contributed by atoms with Crippen molar-refractivity contribution in [2.24, 2.45) is 0 Å². The van der Waals surface area contributed by atoms with Crippen LogP contribution < -0.4 is 10.6 Å². The third-order valence-electron chi connectivity index (χ3n) is 3.24. The van der Waals surface area contributed by atoms with E-state index in [-0.39, 0.29) is 6.42 Å². The molecule has 6 heteroatoms. The predicted molar refractivity (Wildman–Crippen MR) is 80.3 cm³/mol. The number of aromatic nitrogens is 1. The summed E-state index contributed by atoms with van der Waals surface area (Å²) in [7, 11) is 0. The first-order chi connectivity index (χ1) is 10.1. The summed E-state index contributed by atoms with van der Waals surface area (Å²) in [4.78, 5) is 26.0. The number of benzene rings is 1. The van der Waals surface area contributed by atoms with Gasteiger partial charge < -0.3 is 20.7 Å². The second kappa shape index (κ2) is 6.78. The first-order valence-corrected chi connectivity index (χ1v) is 6.94. The fraction of sp³-hybridized carbons (Fsp3) is 0.333. The molecule has 0 bridgehead atoms. The zero-order valence-electron chi connectivity index (χ0n) is 11.8. The van der Waals surface area contributed by atoms with Gasteiger partial charge in [-0.15, -0.1) is 0 Å². The van der Waals surface area contributed by atoms with Crippen LogP contribution >= 0.6 is 0 Å². The maximum Gasteiger partial charge on any atom is 0.326 e. The summed E-state index contributed by atoms with van der Waals surface area (Å²) in [5.74, 6) is -1.05. The van der Waals surface area contributed by atoms with Gasteiger partial charge in [-0.25, -0.2) is 9.59 Å². The number of carbonyl (C=O) groups excluding carboxylic acids is 1. The van der Waals surface area contributed by atoms with Gasteiger partial charge in [-0.05, 0) is 18.1 Å². The fourth-order valence-electron chi connectivity index (χ4n) is 2.17. The average molecular weight is 289 g/mol. The maximum atomic E-state index is 11.6. The number of rotatable bonds is 6. The van der Waals surface area contributed by atoms with E-state index in [1.165, 1.54) is 0 Å². The quantitative estimate of drug-likeness (QED) is 0.654. The highest BCUT2D eigenvalue weighted by Crippen LogP contribution is 2.19. The lowest BCUT2D eigenvalue weighted by Crippen LogP contribution is -2.47. The van der Waals surface area contributed by atoms with E-state index in [9.17, 15) is 14.7 Å². The summed E-state index contributed by atoms with van der Waals surface area (Å²) >= 11 is 0. The minimum atomic E-state index is -1.05. The predicted octanol–water partition coefficient (Wildman–Crippen LogP) is 1.87. The summed E-state index contributed by atoms with van der Waals surface area (Å²) < 4.78 is 0. The highest BCUT2D eigenvalue weighted by atomic mass is 16.4. The van der Waals surface area contributed by atoms with Crippen molar-refractivity contribution in [1.82, 2.24) is 15.6 Å². The SMILES string of the molecule is CCCNC(=O)N[C@@H](Cc1c[nH]c2ccccc12)C(=O)O. The van der Waals surface area contributed by atoms with Crippen molar-refractivity contribution in [1.29, 1.82) is 0 Å². The first kappa shape index (κ1) is 14.9. The Bertz CT molecular complexity index is 636.